The maximum absolute atomic E-state index is 12.8. The number of amides is 1. The Kier molecular flexibility index (Phi) is 4.16. The van der Waals surface area contributed by atoms with Gasteiger partial charge in [-0.1, -0.05) is 36.4 Å². The summed E-state index contributed by atoms with van der Waals surface area (Å²) in [6, 6.07) is 10.6. The lowest BCUT2D eigenvalue weighted by atomic mass is 9.53. The summed E-state index contributed by atoms with van der Waals surface area (Å²) in [5, 5.41) is 3.51. The molecule has 1 N–H and O–H groups in total. The molecule has 138 valence electrons. The van der Waals surface area contributed by atoms with Crippen LogP contribution in [0, 0.1) is 17.8 Å². The first-order valence-electron chi connectivity index (χ1n) is 10.5. The fourth-order valence-corrected chi connectivity index (χ4v) is 6.57. The van der Waals surface area contributed by atoms with E-state index in [2.05, 4.69) is 46.6 Å². The van der Waals surface area contributed by atoms with Crippen LogP contribution in [-0.2, 0) is 4.79 Å². The summed E-state index contributed by atoms with van der Waals surface area (Å²) in [4.78, 5) is 15.1. The average Bonchev–Trinajstić information content (AvgIpc) is 2.61. The monoisotopic (exact) mass is 350 g/mol. The van der Waals surface area contributed by atoms with Gasteiger partial charge in [0.25, 0.3) is 0 Å². The fraction of sp³-hybridized carbons (Fsp3) is 0.609. The van der Waals surface area contributed by atoms with Gasteiger partial charge in [-0.2, -0.15) is 0 Å². The van der Waals surface area contributed by atoms with Crippen molar-refractivity contribution in [3.8, 4) is 0 Å². The van der Waals surface area contributed by atoms with Gasteiger partial charge >= 0.3 is 0 Å². The van der Waals surface area contributed by atoms with Crippen LogP contribution in [0.2, 0.25) is 0 Å². The van der Waals surface area contributed by atoms with Gasteiger partial charge in [0, 0.05) is 18.6 Å². The summed E-state index contributed by atoms with van der Waals surface area (Å²) < 4.78 is 0. The Morgan fingerprint density at radius 3 is 2.27 bits per heavy atom. The molecule has 4 bridgehead atoms. The van der Waals surface area contributed by atoms with Crippen LogP contribution in [0.5, 0.6) is 0 Å². The number of nitrogens with one attached hydrogen (secondary N) is 1. The minimum absolute atomic E-state index is 0.145. The Bertz CT molecular complexity index is 673. The van der Waals surface area contributed by atoms with Gasteiger partial charge in [0.15, 0.2) is 0 Å². The molecule has 1 aromatic rings. The first-order chi connectivity index (χ1) is 12.7. The molecule has 4 fully saturated rings. The van der Waals surface area contributed by atoms with Crippen LogP contribution in [0.4, 0.5) is 0 Å². The van der Waals surface area contributed by atoms with Gasteiger partial charge < -0.3 is 5.32 Å². The zero-order valence-electron chi connectivity index (χ0n) is 15.6. The summed E-state index contributed by atoms with van der Waals surface area (Å²) in [6.45, 7) is 2.42. The summed E-state index contributed by atoms with van der Waals surface area (Å²) in [5.41, 5.74) is 2.89. The van der Waals surface area contributed by atoms with Gasteiger partial charge in [-0.05, 0) is 73.8 Å². The molecular formula is C23H30N2O. The quantitative estimate of drug-likeness (QED) is 0.894. The predicted molar refractivity (Wildman–Crippen MR) is 105 cm³/mol. The third-order valence-corrected chi connectivity index (χ3v) is 7.25. The Balaban J connectivity index is 1.18. The molecule has 26 heavy (non-hydrogen) atoms. The summed E-state index contributed by atoms with van der Waals surface area (Å²) >= 11 is 0. The molecular weight excluding hydrogens is 320 g/mol. The fourth-order valence-electron chi connectivity index (χ4n) is 6.57. The van der Waals surface area contributed by atoms with E-state index in [0.717, 1.165) is 37.3 Å². The van der Waals surface area contributed by atoms with Crippen LogP contribution in [0.25, 0.3) is 5.57 Å². The molecule has 6 rings (SSSR count). The molecule has 5 aliphatic rings. The topological polar surface area (TPSA) is 32.3 Å². The molecule has 1 amide bonds. The number of benzene rings is 1. The first-order valence-corrected chi connectivity index (χ1v) is 10.5. The largest absolute Gasteiger partial charge is 0.350 e. The van der Waals surface area contributed by atoms with Gasteiger partial charge in [-0.25, -0.2) is 0 Å². The molecule has 1 heterocycles. The van der Waals surface area contributed by atoms with Crippen molar-refractivity contribution in [2.75, 3.05) is 19.6 Å². The molecule has 3 heteroatoms. The van der Waals surface area contributed by atoms with Crippen LogP contribution >= 0.6 is 0 Å². The minimum Gasteiger partial charge on any atom is -0.350 e. The van der Waals surface area contributed by atoms with Gasteiger partial charge in [-0.15, -0.1) is 0 Å². The molecule has 0 unspecified atom stereocenters. The molecule has 0 spiro atoms. The van der Waals surface area contributed by atoms with Crippen molar-refractivity contribution < 1.29 is 4.79 Å². The van der Waals surface area contributed by atoms with E-state index >= 15 is 0 Å². The third kappa shape index (κ3) is 3.22. The maximum Gasteiger partial charge on any atom is 0.234 e. The lowest BCUT2D eigenvalue weighted by molar-refractivity contribution is -0.127. The van der Waals surface area contributed by atoms with Crippen molar-refractivity contribution in [3.05, 3.63) is 42.0 Å². The average molecular weight is 351 g/mol. The van der Waals surface area contributed by atoms with Crippen LogP contribution < -0.4 is 5.32 Å². The number of nitrogens with zero attached hydrogens (tertiary/aromatic N) is 1. The predicted octanol–water partition coefficient (Wildman–Crippen LogP) is 3.86. The van der Waals surface area contributed by atoms with Gasteiger partial charge in [0.2, 0.25) is 5.91 Å². The van der Waals surface area contributed by atoms with Gasteiger partial charge in [0.05, 0.1) is 6.54 Å². The molecule has 0 atom stereocenters. The van der Waals surface area contributed by atoms with Crippen LogP contribution in [0.1, 0.15) is 50.5 Å². The normalized spacial score (nSPS) is 36.0. The summed E-state index contributed by atoms with van der Waals surface area (Å²) in [6.07, 6.45) is 11.3. The molecule has 1 aromatic carbocycles. The highest BCUT2D eigenvalue weighted by atomic mass is 16.2. The molecule has 3 nitrogen and oxygen atoms in total. The van der Waals surface area contributed by atoms with E-state index in [1.54, 1.807) is 0 Å². The molecule has 0 aromatic heterocycles. The van der Waals surface area contributed by atoms with Crippen LogP contribution in [-0.4, -0.2) is 36.0 Å². The standard InChI is InChI=1S/C23H30N2O/c26-22(24-23-13-17-10-18(14-23)12-19(11-17)15-23)16-25-8-6-21(7-9-25)20-4-2-1-3-5-20/h1-6,17-19H,7-16H2,(H,24,26). The highest BCUT2D eigenvalue weighted by molar-refractivity contribution is 5.79. The highest BCUT2D eigenvalue weighted by Gasteiger charge is 2.51. The number of hydrogen-bond acceptors (Lipinski definition) is 2. The number of rotatable bonds is 4. The van der Waals surface area contributed by atoms with E-state index in [0.29, 0.717) is 6.54 Å². The second-order valence-corrected chi connectivity index (χ2v) is 9.33. The van der Waals surface area contributed by atoms with E-state index in [-0.39, 0.29) is 11.4 Å². The van der Waals surface area contributed by atoms with Crippen LogP contribution in [0.3, 0.4) is 0 Å². The van der Waals surface area contributed by atoms with Crippen molar-refractivity contribution in [1.29, 1.82) is 0 Å². The smallest absolute Gasteiger partial charge is 0.234 e. The molecule has 0 radical (unpaired) electrons. The Labute approximate surface area is 156 Å². The zero-order valence-corrected chi connectivity index (χ0v) is 15.6. The zero-order chi connectivity index (χ0) is 17.6. The van der Waals surface area contributed by atoms with E-state index in [4.69, 9.17) is 0 Å². The number of carbonyl (C=O) groups is 1. The van der Waals surface area contributed by atoms with Crippen molar-refractivity contribution in [3.63, 3.8) is 0 Å². The lowest BCUT2D eigenvalue weighted by Gasteiger charge is -2.57. The van der Waals surface area contributed by atoms with E-state index in [9.17, 15) is 4.79 Å². The van der Waals surface area contributed by atoms with Crippen LogP contribution in [0.15, 0.2) is 36.4 Å². The van der Waals surface area contributed by atoms with E-state index in [1.165, 1.54) is 49.7 Å². The number of hydrogen-bond donors (Lipinski definition) is 1. The SMILES string of the molecule is O=C(CN1CC=C(c2ccccc2)CC1)NC12CC3CC(CC(C3)C1)C2. The maximum atomic E-state index is 12.8. The Morgan fingerprint density at radius 1 is 1.04 bits per heavy atom. The Hall–Kier alpha value is -1.61. The summed E-state index contributed by atoms with van der Waals surface area (Å²) in [7, 11) is 0. The molecule has 4 saturated carbocycles. The second kappa shape index (κ2) is 6.53. The van der Waals surface area contributed by atoms with Crippen molar-refractivity contribution in [2.45, 2.75) is 50.5 Å². The van der Waals surface area contributed by atoms with Crippen molar-refractivity contribution in [2.24, 2.45) is 17.8 Å². The third-order valence-electron chi connectivity index (χ3n) is 7.25. The van der Waals surface area contributed by atoms with E-state index < -0.39 is 0 Å². The first kappa shape index (κ1) is 16.6. The van der Waals surface area contributed by atoms with Crippen molar-refractivity contribution >= 4 is 11.5 Å². The molecule has 4 aliphatic carbocycles. The molecule has 0 saturated heterocycles. The van der Waals surface area contributed by atoms with Crippen molar-refractivity contribution in [1.82, 2.24) is 10.2 Å². The number of carbonyl (C=O) groups excluding carboxylic acids is 1. The lowest BCUT2D eigenvalue weighted by Crippen LogP contribution is -2.61. The minimum atomic E-state index is 0.145. The second-order valence-electron chi connectivity index (χ2n) is 9.33. The van der Waals surface area contributed by atoms with Gasteiger partial charge in [-0.3, -0.25) is 9.69 Å². The molecule has 1 aliphatic heterocycles. The van der Waals surface area contributed by atoms with Gasteiger partial charge in [0.1, 0.15) is 0 Å². The highest BCUT2D eigenvalue weighted by Crippen LogP contribution is 2.55. The Morgan fingerprint density at radius 2 is 1.69 bits per heavy atom. The van der Waals surface area contributed by atoms with E-state index in [1.807, 2.05) is 0 Å². The summed E-state index contributed by atoms with van der Waals surface area (Å²) in [5.74, 6) is 2.90.